The van der Waals surface area contributed by atoms with E-state index in [1.807, 2.05) is 38.1 Å². The average Bonchev–Trinajstić information content (AvgIpc) is 3.02. The first kappa shape index (κ1) is 19.2. The van der Waals surface area contributed by atoms with E-state index in [0.29, 0.717) is 5.13 Å². The zero-order valence-corrected chi connectivity index (χ0v) is 15.7. The predicted molar refractivity (Wildman–Crippen MR) is 99.7 cm³/mol. The second-order valence-electron chi connectivity index (χ2n) is 5.31. The van der Waals surface area contributed by atoms with E-state index in [4.69, 9.17) is 0 Å². The number of anilines is 1. The molecular formula is C16H20N4O3S2. The van der Waals surface area contributed by atoms with Gasteiger partial charge in [0.1, 0.15) is 5.01 Å². The molecule has 1 aromatic heterocycles. The Balaban J connectivity index is 1.79. The summed E-state index contributed by atoms with van der Waals surface area (Å²) < 4.78 is 26.2. The van der Waals surface area contributed by atoms with Crippen molar-refractivity contribution in [2.75, 3.05) is 11.9 Å². The minimum atomic E-state index is -3.59. The van der Waals surface area contributed by atoms with Crippen LogP contribution >= 0.6 is 11.3 Å². The first-order valence-electron chi connectivity index (χ1n) is 7.74. The van der Waals surface area contributed by atoms with Crippen LogP contribution in [0.15, 0.2) is 29.7 Å². The van der Waals surface area contributed by atoms with Crippen molar-refractivity contribution in [3.63, 3.8) is 0 Å². The van der Waals surface area contributed by atoms with Gasteiger partial charge in [0.2, 0.25) is 21.1 Å². The molecule has 0 unspecified atom stereocenters. The molecule has 0 saturated carbocycles. The topological polar surface area (TPSA) is 101 Å². The van der Waals surface area contributed by atoms with Gasteiger partial charge in [0.25, 0.3) is 0 Å². The molecule has 2 aromatic rings. The van der Waals surface area contributed by atoms with Crippen molar-refractivity contribution in [3.05, 3.63) is 45.8 Å². The van der Waals surface area contributed by atoms with Gasteiger partial charge in [0.05, 0.1) is 0 Å². The minimum Gasteiger partial charge on any atom is -0.300 e. The molecule has 0 radical (unpaired) electrons. The van der Waals surface area contributed by atoms with Gasteiger partial charge in [0.15, 0.2) is 0 Å². The van der Waals surface area contributed by atoms with E-state index in [1.54, 1.807) is 0 Å². The maximum Gasteiger partial charge on any atom is 0.233 e. The predicted octanol–water partition coefficient (Wildman–Crippen LogP) is 2.33. The fourth-order valence-corrected chi connectivity index (χ4v) is 3.34. The molecule has 2 N–H and O–H groups in total. The summed E-state index contributed by atoms with van der Waals surface area (Å²) in [5, 5.41) is 12.7. The summed E-state index contributed by atoms with van der Waals surface area (Å²) in [5.74, 6) is -0.316. The molecule has 25 heavy (non-hydrogen) atoms. The second-order valence-corrected chi connectivity index (χ2v) is 8.02. The fourth-order valence-electron chi connectivity index (χ4n) is 1.83. The van der Waals surface area contributed by atoms with Crippen molar-refractivity contribution in [1.29, 1.82) is 0 Å². The molecule has 1 amide bonds. The molecule has 0 aliphatic carbocycles. The highest BCUT2D eigenvalue weighted by Gasteiger charge is 2.09. The van der Waals surface area contributed by atoms with Gasteiger partial charge in [-0.2, -0.15) is 0 Å². The summed E-state index contributed by atoms with van der Waals surface area (Å²) in [6.45, 7) is 3.92. The van der Waals surface area contributed by atoms with Crippen LogP contribution < -0.4 is 10.0 Å². The van der Waals surface area contributed by atoms with Gasteiger partial charge < -0.3 is 5.32 Å². The largest absolute Gasteiger partial charge is 0.300 e. The molecule has 7 nitrogen and oxygen atoms in total. The average molecular weight is 380 g/mol. The summed E-state index contributed by atoms with van der Waals surface area (Å²) in [7, 11) is -3.59. The quantitative estimate of drug-likeness (QED) is 0.732. The summed E-state index contributed by atoms with van der Waals surface area (Å²) in [5.41, 5.74) is 1.89. The molecule has 0 bridgehead atoms. The number of benzene rings is 1. The van der Waals surface area contributed by atoms with Gasteiger partial charge in [-0.25, -0.2) is 13.1 Å². The number of sulfonamides is 1. The number of aromatic nitrogens is 2. The normalized spacial score (nSPS) is 11.8. The summed E-state index contributed by atoms with van der Waals surface area (Å²) in [6.07, 6.45) is 2.27. The third kappa shape index (κ3) is 6.73. The molecule has 0 fully saturated rings. The van der Waals surface area contributed by atoms with Crippen LogP contribution in [0.4, 0.5) is 5.13 Å². The van der Waals surface area contributed by atoms with Crippen LogP contribution in [0.25, 0.3) is 6.08 Å². The number of nitrogens with one attached hydrogen (secondary N) is 2. The Bertz CT molecular complexity index is 843. The maximum absolute atomic E-state index is 11.9. The Morgan fingerprint density at radius 2 is 1.96 bits per heavy atom. The van der Waals surface area contributed by atoms with Gasteiger partial charge in [-0.15, -0.1) is 10.2 Å². The number of hydrogen-bond donors (Lipinski definition) is 2. The standard InChI is InChI=1S/C16H20N4O3S2/c1-3-15-19-20-16(24-15)18-14(21)8-10-17-25(22,23)11-9-13-6-4-12(2)5-7-13/h4-7,9,11,17H,3,8,10H2,1-2H3,(H,18,20,21)/b11-9+. The number of amides is 1. The number of carbonyl (C=O) groups is 1. The molecule has 2 rings (SSSR count). The van der Waals surface area contributed by atoms with Gasteiger partial charge in [-0.3, -0.25) is 4.79 Å². The minimum absolute atomic E-state index is 0.00580. The van der Waals surface area contributed by atoms with Gasteiger partial charge in [0, 0.05) is 18.4 Å². The van der Waals surface area contributed by atoms with Crippen molar-refractivity contribution >= 4 is 38.5 Å². The lowest BCUT2D eigenvalue weighted by molar-refractivity contribution is -0.116. The molecule has 0 saturated heterocycles. The molecular weight excluding hydrogens is 360 g/mol. The van der Waals surface area contributed by atoms with Gasteiger partial charge in [-0.05, 0) is 25.0 Å². The molecule has 0 aliphatic heterocycles. The Morgan fingerprint density at radius 1 is 1.24 bits per heavy atom. The van der Waals surface area contributed by atoms with Crippen LogP contribution in [0.5, 0.6) is 0 Å². The Morgan fingerprint density at radius 3 is 2.60 bits per heavy atom. The number of hydrogen-bond acceptors (Lipinski definition) is 6. The van der Waals surface area contributed by atoms with E-state index in [0.717, 1.165) is 28.0 Å². The highest BCUT2D eigenvalue weighted by Crippen LogP contribution is 2.15. The third-order valence-electron chi connectivity index (χ3n) is 3.19. The molecule has 0 atom stereocenters. The number of rotatable bonds is 8. The lowest BCUT2D eigenvalue weighted by Gasteiger charge is -2.03. The van der Waals surface area contributed by atoms with E-state index in [9.17, 15) is 13.2 Å². The maximum atomic E-state index is 11.9. The first-order chi connectivity index (χ1) is 11.9. The van der Waals surface area contributed by atoms with E-state index >= 15 is 0 Å². The second kappa shape index (κ2) is 8.84. The van der Waals surface area contributed by atoms with E-state index < -0.39 is 10.0 Å². The molecule has 1 heterocycles. The Kier molecular flexibility index (Phi) is 6.80. The zero-order valence-electron chi connectivity index (χ0n) is 14.0. The summed E-state index contributed by atoms with van der Waals surface area (Å²) in [4.78, 5) is 11.8. The van der Waals surface area contributed by atoms with Crippen LogP contribution in [0.1, 0.15) is 29.5 Å². The van der Waals surface area contributed by atoms with Crippen LogP contribution in [0.3, 0.4) is 0 Å². The van der Waals surface area contributed by atoms with Gasteiger partial charge >= 0.3 is 0 Å². The van der Waals surface area contributed by atoms with Crippen molar-refractivity contribution in [1.82, 2.24) is 14.9 Å². The SMILES string of the molecule is CCc1nnc(NC(=O)CCNS(=O)(=O)/C=C/c2ccc(C)cc2)s1. The fraction of sp³-hybridized carbons (Fsp3) is 0.312. The monoisotopic (exact) mass is 380 g/mol. The molecule has 1 aromatic carbocycles. The summed E-state index contributed by atoms with van der Waals surface area (Å²) >= 11 is 1.30. The highest BCUT2D eigenvalue weighted by molar-refractivity contribution is 7.92. The highest BCUT2D eigenvalue weighted by atomic mass is 32.2. The molecule has 0 spiro atoms. The molecule has 134 valence electrons. The van der Waals surface area contributed by atoms with Crippen LogP contribution in [0, 0.1) is 6.92 Å². The first-order valence-corrected chi connectivity index (χ1v) is 10.1. The van der Waals surface area contributed by atoms with E-state index in [-0.39, 0.29) is 18.9 Å². The Hall–Kier alpha value is -2.10. The van der Waals surface area contributed by atoms with Crippen molar-refractivity contribution < 1.29 is 13.2 Å². The number of nitrogens with zero attached hydrogens (tertiary/aromatic N) is 2. The van der Waals surface area contributed by atoms with E-state index in [2.05, 4.69) is 20.2 Å². The van der Waals surface area contributed by atoms with Crippen LogP contribution in [0.2, 0.25) is 0 Å². The Labute approximate surface area is 151 Å². The number of aryl methyl sites for hydroxylation is 2. The van der Waals surface area contributed by atoms with Crippen molar-refractivity contribution in [2.24, 2.45) is 0 Å². The lowest BCUT2D eigenvalue weighted by atomic mass is 10.2. The zero-order chi connectivity index (χ0) is 18.3. The van der Waals surface area contributed by atoms with Crippen LogP contribution in [-0.2, 0) is 21.2 Å². The summed E-state index contributed by atoms with van der Waals surface area (Å²) in [6, 6.07) is 7.48. The molecule has 9 heteroatoms. The van der Waals surface area contributed by atoms with E-state index in [1.165, 1.54) is 17.4 Å². The number of carbonyl (C=O) groups excluding carboxylic acids is 1. The van der Waals surface area contributed by atoms with Crippen molar-refractivity contribution in [2.45, 2.75) is 26.7 Å². The van der Waals surface area contributed by atoms with Gasteiger partial charge in [-0.1, -0.05) is 48.1 Å². The third-order valence-corrected chi connectivity index (χ3v) is 5.27. The smallest absolute Gasteiger partial charge is 0.233 e. The molecule has 0 aliphatic rings. The lowest BCUT2D eigenvalue weighted by Crippen LogP contribution is -2.26. The van der Waals surface area contributed by atoms with Crippen LogP contribution in [-0.4, -0.2) is 31.1 Å². The van der Waals surface area contributed by atoms with Crippen molar-refractivity contribution in [3.8, 4) is 0 Å².